The number of carbonyl (C=O) groups excluding carboxylic acids is 1. The van der Waals surface area contributed by atoms with Crippen molar-refractivity contribution in [2.75, 3.05) is 7.11 Å². The smallest absolute Gasteiger partial charge is 0.430 e. The highest BCUT2D eigenvalue weighted by Crippen LogP contribution is 2.45. The third-order valence-corrected chi connectivity index (χ3v) is 3.65. The van der Waals surface area contributed by atoms with Crippen LogP contribution in [0.5, 0.6) is 5.75 Å². The van der Waals surface area contributed by atoms with Crippen LogP contribution in [0.4, 0.5) is 23.7 Å². The predicted octanol–water partition coefficient (Wildman–Crippen LogP) is 5.03. The number of carbonyl (C=O) groups is 1. The molecule has 1 atom stereocenters. The predicted molar refractivity (Wildman–Crippen MR) is 96.5 cm³/mol. The number of amides is 1. The van der Waals surface area contributed by atoms with Crippen molar-refractivity contribution in [3.8, 4) is 5.75 Å². The zero-order valence-electron chi connectivity index (χ0n) is 16.9. The number of nitro benzene ring substituents is 1. The van der Waals surface area contributed by atoms with Gasteiger partial charge in [-0.3, -0.25) is 10.1 Å². The van der Waals surface area contributed by atoms with Crippen LogP contribution >= 0.6 is 0 Å². The molecule has 158 valence electrons. The van der Waals surface area contributed by atoms with E-state index >= 15 is 0 Å². The van der Waals surface area contributed by atoms with Gasteiger partial charge < -0.3 is 14.8 Å². The Bertz CT molecular complexity index is 749. The number of rotatable bonds is 4. The maximum atomic E-state index is 13.7. The average Bonchev–Trinajstić information content (AvgIpc) is 2.47. The highest BCUT2D eigenvalue weighted by molar-refractivity contribution is 5.69. The number of nitro groups is 1. The molecule has 1 N–H and O–H groups in total. The van der Waals surface area contributed by atoms with E-state index in [0.29, 0.717) is 0 Å². The molecule has 1 amide bonds. The van der Waals surface area contributed by atoms with Gasteiger partial charge in [-0.1, -0.05) is 20.8 Å². The molecule has 7 nitrogen and oxygen atoms in total. The number of nitrogens with one attached hydrogen (secondary N) is 1. The second-order valence-electron chi connectivity index (χ2n) is 8.33. The summed E-state index contributed by atoms with van der Waals surface area (Å²) in [5.74, 6) is -0.608. The average molecular weight is 406 g/mol. The molecule has 0 aliphatic heterocycles. The molecule has 0 saturated carbocycles. The topological polar surface area (TPSA) is 90.7 Å². The lowest BCUT2D eigenvalue weighted by molar-refractivity contribution is -0.386. The van der Waals surface area contributed by atoms with Gasteiger partial charge >= 0.3 is 18.0 Å². The Hall–Kier alpha value is -2.52. The lowest BCUT2D eigenvalue weighted by atomic mass is 9.84. The van der Waals surface area contributed by atoms with Gasteiger partial charge in [-0.05, 0) is 37.8 Å². The van der Waals surface area contributed by atoms with Crippen molar-refractivity contribution >= 4 is 11.8 Å². The van der Waals surface area contributed by atoms with Crippen molar-refractivity contribution in [3.05, 3.63) is 33.4 Å². The molecule has 0 saturated heterocycles. The standard InChI is InChI=1S/C18H25F3N2O5/c1-16(2,3)10-8-11(13(27-7)12(9-10)23(25)26)14(18(19,20)21)28-15(24)22-17(4,5)6/h8-9,14H,1-7H3,(H,22,24). The normalized spacial score (nSPS) is 13.6. The molecule has 0 spiro atoms. The first-order chi connectivity index (χ1) is 12.5. The van der Waals surface area contributed by atoms with E-state index in [1.54, 1.807) is 41.5 Å². The number of hydrogen-bond donors (Lipinski definition) is 1. The summed E-state index contributed by atoms with van der Waals surface area (Å²) in [7, 11) is 1.02. The second kappa shape index (κ2) is 7.84. The largest absolute Gasteiger partial charge is 0.490 e. The van der Waals surface area contributed by atoms with E-state index in [4.69, 9.17) is 4.74 Å². The van der Waals surface area contributed by atoms with Crippen LogP contribution in [0.1, 0.15) is 58.8 Å². The third-order valence-electron chi connectivity index (χ3n) is 3.65. The van der Waals surface area contributed by atoms with E-state index < -0.39 is 51.3 Å². The van der Waals surface area contributed by atoms with Gasteiger partial charge in [-0.2, -0.15) is 13.2 Å². The van der Waals surface area contributed by atoms with E-state index in [-0.39, 0.29) is 5.56 Å². The summed E-state index contributed by atoms with van der Waals surface area (Å²) in [4.78, 5) is 22.6. The molecular formula is C18H25F3N2O5. The molecule has 0 fully saturated rings. The summed E-state index contributed by atoms with van der Waals surface area (Å²) in [5.41, 5.74) is -2.55. The Morgan fingerprint density at radius 2 is 1.68 bits per heavy atom. The van der Waals surface area contributed by atoms with Crippen LogP contribution in [0.2, 0.25) is 0 Å². The Morgan fingerprint density at radius 1 is 1.14 bits per heavy atom. The number of halogens is 3. The Kier molecular flexibility index (Phi) is 6.59. The molecule has 1 aromatic rings. The summed E-state index contributed by atoms with van der Waals surface area (Å²) in [6.45, 7) is 9.79. The second-order valence-corrected chi connectivity index (χ2v) is 8.33. The molecule has 10 heteroatoms. The summed E-state index contributed by atoms with van der Waals surface area (Å²) in [6, 6.07) is 2.28. The molecule has 0 heterocycles. The van der Waals surface area contributed by atoms with Crippen molar-refractivity contribution in [1.82, 2.24) is 5.32 Å². The number of methoxy groups -OCH3 is 1. The number of alkyl halides is 3. The highest BCUT2D eigenvalue weighted by Gasteiger charge is 2.47. The van der Waals surface area contributed by atoms with Gasteiger partial charge in [0, 0.05) is 11.6 Å². The minimum absolute atomic E-state index is 0.268. The minimum atomic E-state index is -5.02. The molecule has 0 aliphatic rings. The minimum Gasteiger partial charge on any atom is -0.490 e. The monoisotopic (exact) mass is 406 g/mol. The van der Waals surface area contributed by atoms with Crippen molar-refractivity contribution in [1.29, 1.82) is 0 Å². The van der Waals surface area contributed by atoms with Crippen LogP contribution in [0.3, 0.4) is 0 Å². The van der Waals surface area contributed by atoms with Gasteiger partial charge in [-0.15, -0.1) is 0 Å². The van der Waals surface area contributed by atoms with E-state index in [1.807, 2.05) is 0 Å². The third kappa shape index (κ3) is 6.00. The van der Waals surface area contributed by atoms with E-state index in [2.05, 4.69) is 10.1 Å². The lowest BCUT2D eigenvalue weighted by Crippen LogP contribution is -2.42. The first-order valence-corrected chi connectivity index (χ1v) is 8.39. The van der Waals surface area contributed by atoms with Crippen LogP contribution in [-0.4, -0.2) is 29.8 Å². The lowest BCUT2D eigenvalue weighted by Gasteiger charge is -2.27. The molecule has 28 heavy (non-hydrogen) atoms. The van der Waals surface area contributed by atoms with E-state index in [0.717, 1.165) is 19.2 Å². The first-order valence-electron chi connectivity index (χ1n) is 8.39. The zero-order valence-corrected chi connectivity index (χ0v) is 16.9. The Balaban J connectivity index is 3.65. The van der Waals surface area contributed by atoms with Crippen molar-refractivity contribution < 1.29 is 32.4 Å². The summed E-state index contributed by atoms with van der Waals surface area (Å²) < 4.78 is 50.8. The quantitative estimate of drug-likeness (QED) is 0.559. The van der Waals surface area contributed by atoms with Gasteiger partial charge in [0.1, 0.15) is 0 Å². The van der Waals surface area contributed by atoms with Gasteiger partial charge in [0.15, 0.2) is 0 Å². The molecule has 1 unspecified atom stereocenters. The number of benzene rings is 1. The van der Waals surface area contributed by atoms with Gasteiger partial charge in [0.2, 0.25) is 11.9 Å². The zero-order chi connectivity index (χ0) is 22.1. The van der Waals surface area contributed by atoms with Gasteiger partial charge in [0.05, 0.1) is 17.6 Å². The Morgan fingerprint density at radius 3 is 2.04 bits per heavy atom. The summed E-state index contributed by atoms with van der Waals surface area (Å²) in [6.07, 6.45) is -9.07. The number of hydrogen-bond acceptors (Lipinski definition) is 5. The molecule has 0 bridgehead atoms. The molecule has 1 rings (SSSR count). The number of nitrogens with zero attached hydrogens (tertiary/aromatic N) is 1. The van der Waals surface area contributed by atoms with E-state index in [1.165, 1.54) is 0 Å². The van der Waals surface area contributed by atoms with Crippen LogP contribution < -0.4 is 10.1 Å². The molecule has 1 aromatic carbocycles. The fraction of sp³-hybridized carbons (Fsp3) is 0.611. The highest BCUT2D eigenvalue weighted by atomic mass is 19.4. The molecular weight excluding hydrogens is 381 g/mol. The maximum absolute atomic E-state index is 13.7. The van der Waals surface area contributed by atoms with Crippen LogP contribution in [-0.2, 0) is 10.2 Å². The Labute approximate surface area is 161 Å². The maximum Gasteiger partial charge on any atom is 0.430 e. The molecule has 0 aliphatic carbocycles. The SMILES string of the molecule is COc1c(C(OC(=O)NC(C)(C)C)C(F)(F)F)cc(C(C)(C)C)cc1[N+](=O)[O-]. The molecule has 0 aromatic heterocycles. The fourth-order valence-electron chi connectivity index (χ4n) is 2.37. The first kappa shape index (κ1) is 23.5. The fourth-order valence-corrected chi connectivity index (χ4v) is 2.37. The van der Waals surface area contributed by atoms with Crippen molar-refractivity contribution in [2.24, 2.45) is 0 Å². The molecule has 0 radical (unpaired) electrons. The van der Waals surface area contributed by atoms with Crippen molar-refractivity contribution in [2.45, 2.75) is 64.8 Å². The van der Waals surface area contributed by atoms with Crippen LogP contribution in [0, 0.1) is 10.1 Å². The van der Waals surface area contributed by atoms with Crippen LogP contribution in [0.25, 0.3) is 0 Å². The number of ether oxygens (including phenoxy) is 2. The van der Waals surface area contributed by atoms with E-state index in [9.17, 15) is 28.1 Å². The summed E-state index contributed by atoms with van der Waals surface area (Å²) >= 11 is 0. The number of alkyl carbamates (subject to hydrolysis) is 1. The van der Waals surface area contributed by atoms with Crippen LogP contribution in [0.15, 0.2) is 12.1 Å². The van der Waals surface area contributed by atoms with Gasteiger partial charge in [0.25, 0.3) is 0 Å². The summed E-state index contributed by atoms with van der Waals surface area (Å²) in [5, 5.41) is 13.7. The van der Waals surface area contributed by atoms with Crippen molar-refractivity contribution in [3.63, 3.8) is 0 Å². The van der Waals surface area contributed by atoms with Gasteiger partial charge in [-0.25, -0.2) is 4.79 Å².